The van der Waals surface area contributed by atoms with Crippen molar-refractivity contribution in [3.63, 3.8) is 0 Å². The lowest BCUT2D eigenvalue weighted by Crippen LogP contribution is -2.51. The van der Waals surface area contributed by atoms with E-state index < -0.39 is 12.0 Å². The van der Waals surface area contributed by atoms with Crippen LogP contribution in [-0.2, 0) is 14.3 Å². The van der Waals surface area contributed by atoms with Gasteiger partial charge in [0.2, 0.25) is 5.91 Å². The zero-order valence-corrected chi connectivity index (χ0v) is 10.3. The molecule has 0 saturated carbocycles. The van der Waals surface area contributed by atoms with Gasteiger partial charge >= 0.3 is 5.97 Å². The topological polar surface area (TPSA) is 78.9 Å². The largest absolute Gasteiger partial charge is 0.467 e. The van der Waals surface area contributed by atoms with Crippen LogP contribution in [0.1, 0.15) is 19.8 Å². The average Bonchev–Trinajstić information content (AvgIpc) is 2.26. The Bertz CT molecular complexity index is 283. The van der Waals surface area contributed by atoms with Crippen LogP contribution in [0.3, 0.4) is 0 Å². The Kier molecular flexibility index (Phi) is 5.37. The first kappa shape index (κ1) is 13.9. The molecule has 2 unspecified atom stereocenters. The molecule has 98 valence electrons. The molecule has 0 aromatic heterocycles. The number of likely N-dealkylation sites (tertiary alicyclic amines) is 1. The van der Waals surface area contributed by atoms with E-state index in [2.05, 4.69) is 10.1 Å². The van der Waals surface area contributed by atoms with E-state index in [0.717, 1.165) is 19.4 Å². The maximum atomic E-state index is 11.5. The van der Waals surface area contributed by atoms with E-state index in [1.165, 1.54) is 14.0 Å². The summed E-state index contributed by atoms with van der Waals surface area (Å²) in [7, 11) is 1.29. The second-order valence-electron chi connectivity index (χ2n) is 4.33. The standard InChI is InChI=1S/C11H20N2O4/c1-8(14)12-10(11(16)17-2)7-13-5-3-4-9(15)6-13/h9-10,15H,3-7H2,1-2H3,(H,12,14). The number of carbonyl (C=O) groups excluding carboxylic acids is 2. The summed E-state index contributed by atoms with van der Waals surface area (Å²) in [4.78, 5) is 24.4. The quantitative estimate of drug-likeness (QED) is 0.628. The monoisotopic (exact) mass is 244 g/mol. The molecule has 17 heavy (non-hydrogen) atoms. The van der Waals surface area contributed by atoms with E-state index >= 15 is 0 Å². The highest BCUT2D eigenvalue weighted by molar-refractivity contribution is 5.83. The fourth-order valence-corrected chi connectivity index (χ4v) is 2.02. The molecule has 0 aromatic rings. The minimum Gasteiger partial charge on any atom is -0.467 e. The van der Waals surface area contributed by atoms with Gasteiger partial charge < -0.3 is 15.2 Å². The van der Waals surface area contributed by atoms with Crippen molar-refractivity contribution >= 4 is 11.9 Å². The van der Waals surface area contributed by atoms with Crippen LogP contribution in [0.25, 0.3) is 0 Å². The zero-order chi connectivity index (χ0) is 12.8. The number of esters is 1. The Balaban J connectivity index is 2.52. The van der Waals surface area contributed by atoms with E-state index in [1.54, 1.807) is 0 Å². The van der Waals surface area contributed by atoms with E-state index in [4.69, 9.17) is 0 Å². The highest BCUT2D eigenvalue weighted by Gasteiger charge is 2.26. The van der Waals surface area contributed by atoms with Crippen LogP contribution in [0.2, 0.25) is 0 Å². The van der Waals surface area contributed by atoms with Crippen molar-refractivity contribution < 1.29 is 19.4 Å². The Morgan fingerprint density at radius 3 is 2.82 bits per heavy atom. The molecule has 2 atom stereocenters. The molecule has 0 spiro atoms. The van der Waals surface area contributed by atoms with E-state index in [-0.39, 0.29) is 12.0 Å². The predicted octanol–water partition coefficient (Wildman–Crippen LogP) is -0.879. The lowest BCUT2D eigenvalue weighted by atomic mass is 10.1. The second-order valence-corrected chi connectivity index (χ2v) is 4.33. The van der Waals surface area contributed by atoms with Crippen molar-refractivity contribution in [1.82, 2.24) is 10.2 Å². The van der Waals surface area contributed by atoms with Crippen LogP contribution in [0.15, 0.2) is 0 Å². The highest BCUT2D eigenvalue weighted by atomic mass is 16.5. The van der Waals surface area contributed by atoms with Gasteiger partial charge in [-0.1, -0.05) is 0 Å². The van der Waals surface area contributed by atoms with Crippen LogP contribution >= 0.6 is 0 Å². The maximum Gasteiger partial charge on any atom is 0.329 e. The fraction of sp³-hybridized carbons (Fsp3) is 0.818. The Hall–Kier alpha value is -1.14. The predicted molar refractivity (Wildman–Crippen MR) is 61.3 cm³/mol. The molecule has 6 nitrogen and oxygen atoms in total. The number of methoxy groups -OCH3 is 1. The molecule has 0 aromatic carbocycles. The van der Waals surface area contributed by atoms with Gasteiger partial charge in [0.1, 0.15) is 6.04 Å². The van der Waals surface area contributed by atoms with Crippen molar-refractivity contribution in [2.45, 2.75) is 31.9 Å². The number of aliphatic hydroxyl groups excluding tert-OH is 1. The number of rotatable bonds is 4. The van der Waals surface area contributed by atoms with Crippen LogP contribution in [0.4, 0.5) is 0 Å². The number of nitrogens with one attached hydrogen (secondary N) is 1. The third-order valence-corrected chi connectivity index (χ3v) is 2.78. The molecule has 2 N–H and O–H groups in total. The first-order valence-electron chi connectivity index (χ1n) is 5.78. The van der Waals surface area contributed by atoms with Gasteiger partial charge in [0.05, 0.1) is 13.2 Å². The number of aliphatic hydroxyl groups is 1. The summed E-state index contributed by atoms with van der Waals surface area (Å²) in [6.45, 7) is 3.10. The second kappa shape index (κ2) is 6.56. The highest BCUT2D eigenvalue weighted by Crippen LogP contribution is 2.10. The number of amides is 1. The fourth-order valence-electron chi connectivity index (χ4n) is 2.02. The Labute approximate surface area is 101 Å². The van der Waals surface area contributed by atoms with Crippen LogP contribution in [0, 0.1) is 0 Å². The van der Waals surface area contributed by atoms with Gasteiger partial charge in [0, 0.05) is 20.0 Å². The van der Waals surface area contributed by atoms with Gasteiger partial charge in [-0.2, -0.15) is 0 Å². The first-order valence-corrected chi connectivity index (χ1v) is 5.78. The molecular formula is C11H20N2O4. The SMILES string of the molecule is COC(=O)C(CN1CCCC(O)C1)NC(C)=O. The van der Waals surface area contributed by atoms with Crippen molar-refractivity contribution in [3.8, 4) is 0 Å². The summed E-state index contributed by atoms with van der Waals surface area (Å²) in [5.41, 5.74) is 0. The molecule has 0 bridgehead atoms. The molecule has 0 radical (unpaired) electrons. The third kappa shape index (κ3) is 4.70. The molecular weight excluding hydrogens is 224 g/mol. The molecule has 1 aliphatic rings. The van der Waals surface area contributed by atoms with Gasteiger partial charge in [-0.25, -0.2) is 4.79 Å². The number of hydrogen-bond acceptors (Lipinski definition) is 5. The Morgan fingerprint density at radius 1 is 1.59 bits per heavy atom. The summed E-state index contributed by atoms with van der Waals surface area (Å²) in [5.74, 6) is -0.724. The summed E-state index contributed by atoms with van der Waals surface area (Å²) >= 11 is 0. The van der Waals surface area contributed by atoms with Gasteiger partial charge in [-0.15, -0.1) is 0 Å². The van der Waals surface area contributed by atoms with Crippen molar-refractivity contribution in [2.75, 3.05) is 26.7 Å². The molecule has 0 aliphatic carbocycles. The number of piperidine rings is 1. The number of carbonyl (C=O) groups is 2. The number of hydrogen-bond donors (Lipinski definition) is 2. The van der Waals surface area contributed by atoms with Crippen LogP contribution in [0.5, 0.6) is 0 Å². The van der Waals surface area contributed by atoms with Crippen molar-refractivity contribution in [1.29, 1.82) is 0 Å². The minimum absolute atomic E-state index is 0.266. The van der Waals surface area contributed by atoms with E-state index in [1.807, 2.05) is 4.90 Å². The summed E-state index contributed by atoms with van der Waals surface area (Å²) in [6.07, 6.45) is 1.34. The molecule has 1 amide bonds. The maximum absolute atomic E-state index is 11.5. The van der Waals surface area contributed by atoms with Crippen molar-refractivity contribution in [2.24, 2.45) is 0 Å². The minimum atomic E-state index is -0.664. The molecule has 1 rings (SSSR count). The third-order valence-electron chi connectivity index (χ3n) is 2.78. The lowest BCUT2D eigenvalue weighted by Gasteiger charge is -2.32. The normalized spacial score (nSPS) is 22.9. The summed E-state index contributed by atoms with van der Waals surface area (Å²) < 4.78 is 4.64. The molecule has 1 saturated heterocycles. The summed E-state index contributed by atoms with van der Waals surface area (Å²) in [5, 5.41) is 12.1. The van der Waals surface area contributed by atoms with Gasteiger partial charge in [-0.05, 0) is 19.4 Å². The smallest absolute Gasteiger partial charge is 0.329 e. The molecule has 1 fully saturated rings. The number of β-amino-alcohol motifs (C(OH)–C–C–N with tert-alkyl or cyclic N) is 1. The van der Waals surface area contributed by atoms with Crippen molar-refractivity contribution in [3.05, 3.63) is 0 Å². The first-order chi connectivity index (χ1) is 8.02. The number of nitrogens with zero attached hydrogens (tertiary/aromatic N) is 1. The average molecular weight is 244 g/mol. The Morgan fingerprint density at radius 2 is 2.29 bits per heavy atom. The van der Waals surface area contributed by atoms with Crippen LogP contribution < -0.4 is 5.32 Å². The molecule has 6 heteroatoms. The molecule has 1 aliphatic heterocycles. The lowest BCUT2D eigenvalue weighted by molar-refractivity contribution is -0.145. The number of ether oxygens (including phenoxy) is 1. The van der Waals surface area contributed by atoms with Gasteiger partial charge in [-0.3, -0.25) is 9.69 Å². The van der Waals surface area contributed by atoms with Gasteiger partial charge in [0.25, 0.3) is 0 Å². The van der Waals surface area contributed by atoms with E-state index in [9.17, 15) is 14.7 Å². The van der Waals surface area contributed by atoms with E-state index in [0.29, 0.717) is 13.1 Å². The van der Waals surface area contributed by atoms with Gasteiger partial charge in [0.15, 0.2) is 0 Å². The molecule has 1 heterocycles. The van der Waals surface area contributed by atoms with Crippen LogP contribution in [-0.4, -0.2) is 60.8 Å². The summed E-state index contributed by atoms with van der Waals surface area (Å²) in [6, 6.07) is -0.664. The zero-order valence-electron chi connectivity index (χ0n) is 10.3.